The quantitative estimate of drug-likeness (QED) is 0.533. The van der Waals surface area contributed by atoms with Crippen LogP contribution in [0, 0.1) is 23.2 Å². The Morgan fingerprint density at radius 3 is 1.85 bits per heavy atom. The highest BCUT2D eigenvalue weighted by molar-refractivity contribution is 6.11. The molecule has 2 saturated carbocycles. The highest BCUT2D eigenvalue weighted by atomic mass is 16.2. The van der Waals surface area contributed by atoms with Crippen LogP contribution in [0.25, 0.3) is 0 Å². The molecular formula is C11H16O2. The van der Waals surface area contributed by atoms with Crippen molar-refractivity contribution in [3.8, 4) is 0 Å². The second-order valence-electron chi connectivity index (χ2n) is 5.31. The van der Waals surface area contributed by atoms with Crippen LogP contribution in [0.4, 0.5) is 0 Å². The SMILES string of the molecule is CC1C(=O)[C@H]2CC(C)(C)C[C@H]2C1=O. The fourth-order valence-corrected chi connectivity index (χ4v) is 2.94. The second kappa shape index (κ2) is 2.43. The van der Waals surface area contributed by atoms with E-state index in [1.54, 1.807) is 6.92 Å². The number of ketones is 2. The molecule has 0 bridgehead atoms. The molecule has 2 fully saturated rings. The first-order valence-electron chi connectivity index (χ1n) is 5.00. The number of carbonyl (C=O) groups excluding carboxylic acids is 2. The molecule has 2 heteroatoms. The molecule has 0 aromatic rings. The maximum absolute atomic E-state index is 11.7. The lowest BCUT2D eigenvalue weighted by molar-refractivity contribution is -0.128. The van der Waals surface area contributed by atoms with Gasteiger partial charge in [-0.15, -0.1) is 0 Å². The first kappa shape index (κ1) is 8.92. The molecule has 0 N–H and O–H groups in total. The Kier molecular flexibility index (Phi) is 1.67. The fraction of sp³-hybridized carbons (Fsp3) is 0.818. The second-order valence-corrected chi connectivity index (χ2v) is 5.31. The van der Waals surface area contributed by atoms with Crippen LogP contribution in [-0.4, -0.2) is 11.6 Å². The van der Waals surface area contributed by atoms with Gasteiger partial charge in [-0.25, -0.2) is 0 Å². The van der Waals surface area contributed by atoms with Crippen LogP contribution in [0.5, 0.6) is 0 Å². The number of fused-ring (bicyclic) bond motifs is 1. The molecule has 0 amide bonds. The molecule has 0 aromatic heterocycles. The number of hydrogen-bond acceptors (Lipinski definition) is 2. The van der Waals surface area contributed by atoms with Crippen LogP contribution in [0.2, 0.25) is 0 Å². The molecule has 0 aliphatic heterocycles. The highest BCUT2D eigenvalue weighted by Gasteiger charge is 2.54. The molecule has 13 heavy (non-hydrogen) atoms. The number of Topliss-reactive ketones (excluding diaryl/α,β-unsaturated/α-hetero) is 2. The lowest BCUT2D eigenvalue weighted by Crippen LogP contribution is -2.18. The molecule has 2 rings (SSSR count). The van der Waals surface area contributed by atoms with Crippen molar-refractivity contribution in [2.75, 3.05) is 0 Å². The van der Waals surface area contributed by atoms with Crippen LogP contribution in [-0.2, 0) is 9.59 Å². The predicted molar refractivity (Wildman–Crippen MR) is 49.2 cm³/mol. The molecule has 1 unspecified atom stereocenters. The summed E-state index contributed by atoms with van der Waals surface area (Å²) >= 11 is 0. The Morgan fingerprint density at radius 1 is 1.08 bits per heavy atom. The molecular weight excluding hydrogens is 164 g/mol. The fourth-order valence-electron chi connectivity index (χ4n) is 2.94. The molecule has 3 atom stereocenters. The van der Waals surface area contributed by atoms with Gasteiger partial charge in [0.15, 0.2) is 0 Å². The van der Waals surface area contributed by atoms with Crippen molar-refractivity contribution in [1.82, 2.24) is 0 Å². The molecule has 0 spiro atoms. The summed E-state index contributed by atoms with van der Waals surface area (Å²) in [7, 11) is 0. The van der Waals surface area contributed by atoms with Crippen LogP contribution in [0.1, 0.15) is 33.6 Å². The third-order valence-electron chi connectivity index (χ3n) is 3.62. The monoisotopic (exact) mass is 180 g/mol. The van der Waals surface area contributed by atoms with E-state index >= 15 is 0 Å². The van der Waals surface area contributed by atoms with Crippen LogP contribution < -0.4 is 0 Å². The molecule has 0 heterocycles. The summed E-state index contributed by atoms with van der Waals surface area (Å²) in [6, 6.07) is 0. The molecule has 0 saturated heterocycles. The number of hydrogen-bond donors (Lipinski definition) is 0. The van der Waals surface area contributed by atoms with Gasteiger partial charge in [-0.3, -0.25) is 9.59 Å². The van der Waals surface area contributed by atoms with E-state index in [0.717, 1.165) is 12.8 Å². The third kappa shape index (κ3) is 1.15. The normalized spacial score (nSPS) is 42.5. The van der Waals surface area contributed by atoms with Crippen LogP contribution >= 0.6 is 0 Å². The highest BCUT2D eigenvalue weighted by Crippen LogP contribution is 2.50. The van der Waals surface area contributed by atoms with Crippen molar-refractivity contribution >= 4 is 11.6 Å². The summed E-state index contributed by atoms with van der Waals surface area (Å²) in [6.45, 7) is 6.06. The van der Waals surface area contributed by atoms with Gasteiger partial charge in [0, 0.05) is 11.8 Å². The standard InChI is InChI=1S/C11H16O2/c1-6-9(12)7-4-11(2,3)5-8(7)10(6)13/h6-8H,4-5H2,1-3H3/t6?,7-,8+. The van der Waals surface area contributed by atoms with Gasteiger partial charge in [-0.05, 0) is 25.2 Å². The van der Waals surface area contributed by atoms with E-state index in [9.17, 15) is 9.59 Å². The van der Waals surface area contributed by atoms with Crippen molar-refractivity contribution in [3.63, 3.8) is 0 Å². The van der Waals surface area contributed by atoms with Crippen molar-refractivity contribution in [3.05, 3.63) is 0 Å². The maximum Gasteiger partial charge on any atom is 0.146 e. The lowest BCUT2D eigenvalue weighted by atomic mass is 9.87. The Balaban J connectivity index is 2.29. The Morgan fingerprint density at radius 2 is 1.46 bits per heavy atom. The van der Waals surface area contributed by atoms with E-state index < -0.39 is 0 Å². The van der Waals surface area contributed by atoms with Gasteiger partial charge in [-0.2, -0.15) is 0 Å². The third-order valence-corrected chi connectivity index (χ3v) is 3.62. The minimum atomic E-state index is -0.314. The number of carbonyl (C=O) groups is 2. The van der Waals surface area contributed by atoms with Gasteiger partial charge in [0.1, 0.15) is 11.6 Å². The molecule has 72 valence electrons. The summed E-state index contributed by atoms with van der Waals surface area (Å²) < 4.78 is 0. The lowest BCUT2D eigenvalue weighted by Gasteiger charge is -2.18. The Labute approximate surface area is 78.7 Å². The topological polar surface area (TPSA) is 34.1 Å². The minimum Gasteiger partial charge on any atom is -0.299 e. The average molecular weight is 180 g/mol. The molecule has 2 aliphatic rings. The zero-order valence-electron chi connectivity index (χ0n) is 8.46. The van der Waals surface area contributed by atoms with Crippen molar-refractivity contribution in [1.29, 1.82) is 0 Å². The zero-order chi connectivity index (χ0) is 9.80. The van der Waals surface area contributed by atoms with Gasteiger partial charge in [0.2, 0.25) is 0 Å². The van der Waals surface area contributed by atoms with E-state index in [-0.39, 0.29) is 34.7 Å². The van der Waals surface area contributed by atoms with Gasteiger partial charge in [0.25, 0.3) is 0 Å². The summed E-state index contributed by atoms with van der Waals surface area (Å²) in [6.07, 6.45) is 1.82. The van der Waals surface area contributed by atoms with Crippen molar-refractivity contribution in [2.24, 2.45) is 23.2 Å². The molecule has 0 aromatic carbocycles. The summed E-state index contributed by atoms with van der Waals surface area (Å²) in [4.78, 5) is 23.3. The van der Waals surface area contributed by atoms with E-state index in [1.165, 1.54) is 0 Å². The first-order valence-corrected chi connectivity index (χ1v) is 5.00. The minimum absolute atomic E-state index is 0.0532. The van der Waals surface area contributed by atoms with Crippen LogP contribution in [0.3, 0.4) is 0 Å². The predicted octanol–water partition coefficient (Wildman–Crippen LogP) is 1.83. The Hall–Kier alpha value is -0.660. The summed E-state index contributed by atoms with van der Waals surface area (Å²) in [5.41, 5.74) is 0.195. The average Bonchev–Trinajstić information content (AvgIpc) is 2.44. The Bertz CT molecular complexity index is 252. The maximum atomic E-state index is 11.7. The van der Waals surface area contributed by atoms with Gasteiger partial charge >= 0.3 is 0 Å². The number of rotatable bonds is 0. The molecule has 2 aliphatic carbocycles. The smallest absolute Gasteiger partial charge is 0.146 e. The zero-order valence-corrected chi connectivity index (χ0v) is 8.46. The van der Waals surface area contributed by atoms with E-state index in [1.807, 2.05) is 0 Å². The summed E-state index contributed by atoms with van der Waals surface area (Å²) in [5, 5.41) is 0. The van der Waals surface area contributed by atoms with Crippen molar-refractivity contribution < 1.29 is 9.59 Å². The summed E-state index contributed by atoms with van der Waals surface area (Å²) in [5.74, 6) is 0.183. The first-order chi connectivity index (χ1) is 5.92. The van der Waals surface area contributed by atoms with Crippen LogP contribution in [0.15, 0.2) is 0 Å². The van der Waals surface area contributed by atoms with Gasteiger partial charge in [0.05, 0.1) is 5.92 Å². The van der Waals surface area contributed by atoms with E-state index in [4.69, 9.17) is 0 Å². The molecule has 2 nitrogen and oxygen atoms in total. The van der Waals surface area contributed by atoms with Gasteiger partial charge < -0.3 is 0 Å². The molecule has 0 radical (unpaired) electrons. The van der Waals surface area contributed by atoms with E-state index in [0.29, 0.717) is 0 Å². The van der Waals surface area contributed by atoms with Gasteiger partial charge in [-0.1, -0.05) is 13.8 Å². The largest absolute Gasteiger partial charge is 0.299 e. The van der Waals surface area contributed by atoms with E-state index in [2.05, 4.69) is 13.8 Å². The van der Waals surface area contributed by atoms with Crippen molar-refractivity contribution in [2.45, 2.75) is 33.6 Å².